The number of carbonyl (C=O) groups excluding carboxylic acids is 1. The van der Waals surface area contributed by atoms with Crippen molar-refractivity contribution in [3.63, 3.8) is 0 Å². The Morgan fingerprint density at radius 3 is 2.96 bits per heavy atom. The molecule has 0 aliphatic carbocycles. The number of nitrogens with one attached hydrogen (secondary N) is 1. The van der Waals surface area contributed by atoms with Crippen LogP contribution in [0, 0.1) is 6.92 Å². The Kier molecular flexibility index (Phi) is 5.26. The molecule has 1 fully saturated rings. The van der Waals surface area contributed by atoms with Crippen molar-refractivity contribution < 1.29 is 13.9 Å². The van der Waals surface area contributed by atoms with Crippen molar-refractivity contribution in [3.05, 3.63) is 47.7 Å². The summed E-state index contributed by atoms with van der Waals surface area (Å²) in [5.41, 5.74) is 0.910. The number of urea groups is 1. The topological polar surface area (TPSA) is 67.6 Å². The highest BCUT2D eigenvalue weighted by Crippen LogP contribution is 2.32. The Bertz CT molecular complexity index is 728. The van der Waals surface area contributed by atoms with Crippen molar-refractivity contribution >= 4 is 6.03 Å². The van der Waals surface area contributed by atoms with Crippen LogP contribution in [0.25, 0.3) is 0 Å². The lowest BCUT2D eigenvalue weighted by Crippen LogP contribution is -2.45. The number of furan rings is 1. The van der Waals surface area contributed by atoms with E-state index < -0.39 is 0 Å². The minimum Gasteiger partial charge on any atom is -0.495 e. The van der Waals surface area contributed by atoms with Gasteiger partial charge >= 0.3 is 6.03 Å². The molecule has 1 aliphatic heterocycles. The van der Waals surface area contributed by atoms with Crippen molar-refractivity contribution in [1.82, 2.24) is 15.2 Å². The number of likely N-dealkylation sites (tertiary alicyclic amines) is 1. The summed E-state index contributed by atoms with van der Waals surface area (Å²) in [4.78, 5) is 18.8. The number of amides is 2. The third kappa shape index (κ3) is 3.78. The van der Waals surface area contributed by atoms with Gasteiger partial charge in [0, 0.05) is 18.3 Å². The average Bonchev–Trinajstić information content (AvgIpc) is 3.07. The number of aromatic nitrogens is 1. The molecule has 2 aromatic heterocycles. The molecule has 2 aromatic rings. The second-order valence-corrected chi connectivity index (χ2v) is 6.44. The molecule has 25 heavy (non-hydrogen) atoms. The molecule has 3 rings (SSSR count). The van der Waals surface area contributed by atoms with Gasteiger partial charge in [-0.25, -0.2) is 4.79 Å². The van der Waals surface area contributed by atoms with Crippen LogP contribution in [-0.4, -0.2) is 29.6 Å². The van der Waals surface area contributed by atoms with Crippen molar-refractivity contribution in [2.24, 2.45) is 0 Å². The first-order chi connectivity index (χ1) is 12.1. The summed E-state index contributed by atoms with van der Waals surface area (Å²) in [7, 11) is 1.61. The molecule has 2 atom stereocenters. The Morgan fingerprint density at radius 2 is 2.24 bits per heavy atom. The van der Waals surface area contributed by atoms with Gasteiger partial charge < -0.3 is 19.4 Å². The van der Waals surface area contributed by atoms with Crippen LogP contribution in [-0.2, 0) is 0 Å². The zero-order valence-corrected chi connectivity index (χ0v) is 15.0. The molecule has 0 saturated carbocycles. The van der Waals surface area contributed by atoms with Gasteiger partial charge in [0.1, 0.15) is 17.3 Å². The fraction of sp³-hybridized carbons (Fsp3) is 0.474. The van der Waals surface area contributed by atoms with Gasteiger partial charge in [0.25, 0.3) is 0 Å². The lowest BCUT2D eigenvalue weighted by Gasteiger charge is -2.35. The van der Waals surface area contributed by atoms with Gasteiger partial charge in [0.05, 0.1) is 25.4 Å². The van der Waals surface area contributed by atoms with E-state index in [2.05, 4.69) is 10.3 Å². The number of pyridine rings is 1. The van der Waals surface area contributed by atoms with Gasteiger partial charge in [-0.2, -0.15) is 0 Å². The molecule has 1 N–H and O–H groups in total. The number of ether oxygens (including phenoxy) is 1. The Morgan fingerprint density at radius 1 is 1.40 bits per heavy atom. The number of aryl methyl sites for hydroxylation is 1. The van der Waals surface area contributed by atoms with E-state index in [0.29, 0.717) is 5.75 Å². The predicted octanol–water partition coefficient (Wildman–Crippen LogP) is 3.99. The van der Waals surface area contributed by atoms with E-state index in [1.165, 1.54) is 0 Å². The van der Waals surface area contributed by atoms with E-state index in [9.17, 15) is 4.79 Å². The minimum atomic E-state index is -0.175. The number of carbonyl (C=O) groups is 1. The molecule has 0 radical (unpaired) electrons. The molecule has 0 aromatic carbocycles. The minimum absolute atomic E-state index is 0.00557. The highest BCUT2D eigenvalue weighted by molar-refractivity contribution is 5.75. The summed E-state index contributed by atoms with van der Waals surface area (Å²) >= 11 is 0. The summed E-state index contributed by atoms with van der Waals surface area (Å²) in [6.07, 6.45) is 6.40. The van der Waals surface area contributed by atoms with Gasteiger partial charge in [-0.1, -0.05) is 0 Å². The fourth-order valence-electron chi connectivity index (χ4n) is 3.37. The lowest BCUT2D eigenvalue weighted by atomic mass is 10.0. The quantitative estimate of drug-likeness (QED) is 0.911. The van der Waals surface area contributed by atoms with E-state index in [1.54, 1.807) is 19.5 Å². The average molecular weight is 343 g/mol. The Hall–Kier alpha value is -2.50. The van der Waals surface area contributed by atoms with Crippen LogP contribution in [0.2, 0.25) is 0 Å². The number of nitrogens with zero attached hydrogens (tertiary/aromatic N) is 2. The van der Waals surface area contributed by atoms with Crippen LogP contribution in [0.1, 0.15) is 55.4 Å². The maximum Gasteiger partial charge on any atom is 0.318 e. The van der Waals surface area contributed by atoms with Crippen LogP contribution < -0.4 is 10.1 Å². The van der Waals surface area contributed by atoms with E-state index in [-0.39, 0.29) is 18.1 Å². The smallest absolute Gasteiger partial charge is 0.318 e. The first kappa shape index (κ1) is 17.3. The monoisotopic (exact) mass is 343 g/mol. The molecule has 1 aliphatic rings. The number of rotatable bonds is 4. The second-order valence-electron chi connectivity index (χ2n) is 6.44. The maximum atomic E-state index is 12.9. The number of piperidine rings is 1. The second kappa shape index (κ2) is 7.59. The first-order valence-electron chi connectivity index (χ1n) is 8.71. The zero-order valence-electron chi connectivity index (χ0n) is 15.0. The fourth-order valence-corrected chi connectivity index (χ4v) is 3.37. The third-order valence-corrected chi connectivity index (χ3v) is 4.70. The van der Waals surface area contributed by atoms with Crippen LogP contribution in [0.15, 0.2) is 35.0 Å². The number of hydrogen-bond acceptors (Lipinski definition) is 4. The Labute approximate surface area is 148 Å². The summed E-state index contributed by atoms with van der Waals surface area (Å²) < 4.78 is 11.1. The van der Waals surface area contributed by atoms with Crippen molar-refractivity contribution in [2.45, 2.75) is 45.2 Å². The van der Waals surface area contributed by atoms with Crippen LogP contribution >= 0.6 is 0 Å². The van der Waals surface area contributed by atoms with E-state index in [0.717, 1.165) is 42.9 Å². The molecule has 3 heterocycles. The lowest BCUT2D eigenvalue weighted by molar-refractivity contribution is 0.137. The largest absolute Gasteiger partial charge is 0.495 e. The van der Waals surface area contributed by atoms with Gasteiger partial charge in [0.15, 0.2) is 0 Å². The number of methoxy groups -OCH3 is 1. The van der Waals surface area contributed by atoms with Gasteiger partial charge in [0.2, 0.25) is 0 Å². The normalized spacial score (nSPS) is 18.7. The highest BCUT2D eigenvalue weighted by atomic mass is 16.5. The maximum absolute atomic E-state index is 12.9. The molecule has 134 valence electrons. The molecule has 0 spiro atoms. The molecule has 6 nitrogen and oxygen atoms in total. The van der Waals surface area contributed by atoms with E-state index >= 15 is 0 Å². The van der Waals surface area contributed by atoms with Crippen LogP contribution in [0.4, 0.5) is 4.79 Å². The number of hydrogen-bond donors (Lipinski definition) is 1. The third-order valence-electron chi connectivity index (χ3n) is 4.70. The summed E-state index contributed by atoms with van der Waals surface area (Å²) in [5.74, 6) is 2.41. The molecule has 0 unspecified atom stereocenters. The first-order valence-corrected chi connectivity index (χ1v) is 8.71. The van der Waals surface area contributed by atoms with Crippen LogP contribution in [0.5, 0.6) is 5.75 Å². The molecule has 1 saturated heterocycles. The predicted molar refractivity (Wildman–Crippen MR) is 94.5 cm³/mol. The highest BCUT2D eigenvalue weighted by Gasteiger charge is 2.31. The summed E-state index contributed by atoms with van der Waals surface area (Å²) in [6, 6.07) is 5.53. The molecule has 6 heteroatoms. The Balaban J connectivity index is 1.74. The van der Waals surface area contributed by atoms with Gasteiger partial charge in [-0.05, 0) is 51.3 Å². The van der Waals surface area contributed by atoms with E-state index in [1.807, 2.05) is 36.9 Å². The summed E-state index contributed by atoms with van der Waals surface area (Å²) in [6.45, 7) is 4.61. The van der Waals surface area contributed by atoms with Crippen LogP contribution in [0.3, 0.4) is 0 Å². The standard InChI is InChI=1S/C19H25N3O3/c1-13-7-8-17(25-13)16-6-4-5-11-22(16)19(23)21-14(2)15-9-10-20-12-18(15)24-3/h7-10,12,14,16H,4-6,11H2,1-3H3,(H,21,23)/t14-,16+/m1/s1. The molecular formula is C19H25N3O3. The summed E-state index contributed by atoms with van der Waals surface area (Å²) in [5, 5.41) is 3.08. The molecular weight excluding hydrogens is 318 g/mol. The van der Waals surface area contributed by atoms with Crippen molar-refractivity contribution in [3.8, 4) is 5.75 Å². The van der Waals surface area contributed by atoms with Crippen molar-refractivity contribution in [1.29, 1.82) is 0 Å². The van der Waals surface area contributed by atoms with Crippen molar-refractivity contribution in [2.75, 3.05) is 13.7 Å². The zero-order chi connectivity index (χ0) is 17.8. The van der Waals surface area contributed by atoms with Gasteiger partial charge in [-0.3, -0.25) is 4.98 Å². The molecule has 0 bridgehead atoms. The van der Waals surface area contributed by atoms with E-state index in [4.69, 9.17) is 9.15 Å². The van der Waals surface area contributed by atoms with Gasteiger partial charge in [-0.15, -0.1) is 0 Å². The molecule has 2 amide bonds. The SMILES string of the molecule is COc1cnccc1[C@@H](C)NC(=O)N1CCCC[C@H]1c1ccc(C)o1.